The van der Waals surface area contributed by atoms with E-state index >= 15 is 0 Å². The number of pyridine rings is 1. The molecule has 21 heavy (non-hydrogen) atoms. The van der Waals surface area contributed by atoms with Gasteiger partial charge in [0.25, 0.3) is 11.7 Å². The van der Waals surface area contributed by atoms with Gasteiger partial charge >= 0.3 is 0 Å². The van der Waals surface area contributed by atoms with Crippen LogP contribution in [0.3, 0.4) is 0 Å². The van der Waals surface area contributed by atoms with E-state index in [2.05, 4.69) is 41.3 Å². The molecule has 1 N–H and O–H groups in total. The maximum atomic E-state index is 12.1. The van der Waals surface area contributed by atoms with Gasteiger partial charge in [-0.1, -0.05) is 0 Å². The molecule has 8 heteroatoms. The lowest BCUT2D eigenvalue weighted by Crippen LogP contribution is -2.14. The summed E-state index contributed by atoms with van der Waals surface area (Å²) in [7, 11) is 0. The quantitative estimate of drug-likeness (QED) is 0.768. The number of carbonyl (C=O) groups excluding carboxylic acids is 1. The molecule has 0 aliphatic carbocycles. The molecule has 0 unspecified atom stereocenters. The van der Waals surface area contributed by atoms with Crippen LogP contribution >= 0.6 is 15.9 Å². The lowest BCUT2D eigenvalue weighted by molar-refractivity contribution is 0.101. The van der Waals surface area contributed by atoms with Crippen molar-refractivity contribution >= 4 is 33.4 Å². The number of hydrogen-bond donors (Lipinski definition) is 1. The molecule has 0 saturated carbocycles. The Morgan fingerprint density at radius 1 is 1.29 bits per heavy atom. The third-order valence-corrected chi connectivity index (χ3v) is 3.26. The molecule has 0 bridgehead atoms. The van der Waals surface area contributed by atoms with Crippen molar-refractivity contribution in [3.8, 4) is 0 Å². The third-order valence-electron chi connectivity index (χ3n) is 2.79. The average molecular weight is 347 g/mol. The molecule has 0 radical (unpaired) electrons. The predicted octanol–water partition coefficient (Wildman–Crippen LogP) is 2.15. The lowest BCUT2D eigenvalue weighted by Gasteiger charge is -2.00. The van der Waals surface area contributed by atoms with E-state index in [0.29, 0.717) is 11.6 Å². The van der Waals surface area contributed by atoms with Gasteiger partial charge in [-0.05, 0) is 48.0 Å². The van der Waals surface area contributed by atoms with Crippen molar-refractivity contribution in [3.63, 3.8) is 0 Å². The van der Waals surface area contributed by atoms with Crippen LogP contribution in [0.5, 0.6) is 0 Å². The van der Waals surface area contributed by atoms with Crippen LogP contribution in [0.2, 0.25) is 0 Å². The first kappa shape index (κ1) is 13.6. The van der Waals surface area contributed by atoms with Gasteiger partial charge in [-0.15, -0.1) is 5.10 Å². The molecule has 0 aromatic carbocycles. The maximum Gasteiger partial charge on any atom is 0.296 e. The number of anilines is 1. The molecule has 7 nitrogen and oxygen atoms in total. The summed E-state index contributed by atoms with van der Waals surface area (Å²) >= 11 is 3.28. The molecular weight excluding hydrogens is 336 g/mol. The van der Waals surface area contributed by atoms with Crippen LogP contribution in [0.25, 0.3) is 5.78 Å². The normalized spacial score (nSPS) is 10.8. The van der Waals surface area contributed by atoms with E-state index in [9.17, 15) is 4.79 Å². The predicted molar refractivity (Wildman–Crippen MR) is 80.1 cm³/mol. The van der Waals surface area contributed by atoms with E-state index in [1.54, 1.807) is 18.3 Å². The Balaban J connectivity index is 1.91. The van der Waals surface area contributed by atoms with Gasteiger partial charge in [0.2, 0.25) is 5.82 Å². The summed E-state index contributed by atoms with van der Waals surface area (Å²) in [4.78, 5) is 24.6. The zero-order valence-corrected chi connectivity index (χ0v) is 12.9. The van der Waals surface area contributed by atoms with Gasteiger partial charge < -0.3 is 5.32 Å². The molecule has 3 rings (SSSR count). The minimum atomic E-state index is -0.424. The van der Waals surface area contributed by atoms with E-state index in [1.807, 2.05) is 19.9 Å². The number of nitrogens with one attached hydrogen (secondary N) is 1. The Morgan fingerprint density at radius 3 is 2.81 bits per heavy atom. The number of nitrogens with zero attached hydrogens (tertiary/aromatic N) is 5. The second-order valence-corrected chi connectivity index (χ2v) is 5.42. The third kappa shape index (κ3) is 2.75. The van der Waals surface area contributed by atoms with Crippen LogP contribution in [0, 0.1) is 13.8 Å². The molecule has 3 aromatic heterocycles. The summed E-state index contributed by atoms with van der Waals surface area (Å²) in [6, 6.07) is 5.35. The topological polar surface area (TPSA) is 85.1 Å². The largest absolute Gasteiger partial charge is 0.304 e. The Hall–Kier alpha value is -2.35. The molecule has 0 saturated heterocycles. The van der Waals surface area contributed by atoms with Crippen molar-refractivity contribution in [2.45, 2.75) is 13.8 Å². The molecule has 0 atom stereocenters. The number of carbonyl (C=O) groups is 1. The van der Waals surface area contributed by atoms with E-state index in [0.717, 1.165) is 15.9 Å². The number of hydrogen-bond acceptors (Lipinski definition) is 5. The second kappa shape index (κ2) is 5.21. The molecule has 0 spiro atoms. The Kier molecular flexibility index (Phi) is 3.38. The van der Waals surface area contributed by atoms with Gasteiger partial charge in [-0.2, -0.15) is 4.98 Å². The van der Waals surface area contributed by atoms with Crippen molar-refractivity contribution in [3.05, 3.63) is 46.1 Å². The molecule has 3 aromatic rings. The molecular formula is C13H11BrN6O. The van der Waals surface area contributed by atoms with Crippen LogP contribution in [0.4, 0.5) is 5.82 Å². The number of rotatable bonds is 2. The van der Waals surface area contributed by atoms with E-state index in [4.69, 9.17) is 0 Å². The first-order valence-corrected chi connectivity index (χ1v) is 6.96. The summed E-state index contributed by atoms with van der Waals surface area (Å²) < 4.78 is 2.37. The fraction of sp³-hybridized carbons (Fsp3) is 0.154. The van der Waals surface area contributed by atoms with Crippen LogP contribution < -0.4 is 5.32 Å². The minimum Gasteiger partial charge on any atom is -0.304 e. The number of fused-ring (bicyclic) bond motifs is 1. The van der Waals surface area contributed by atoms with Gasteiger partial charge in [0.15, 0.2) is 0 Å². The highest BCUT2D eigenvalue weighted by Gasteiger charge is 2.15. The van der Waals surface area contributed by atoms with Gasteiger partial charge in [-0.3, -0.25) is 4.79 Å². The molecule has 1 amide bonds. The summed E-state index contributed by atoms with van der Waals surface area (Å²) in [5.74, 6) is 0.470. The SMILES string of the molecule is Cc1cc(C)n2nc(C(=O)Nc3ccc(Br)cn3)nc2n1. The zero-order valence-electron chi connectivity index (χ0n) is 11.3. The summed E-state index contributed by atoms with van der Waals surface area (Å²) in [6.45, 7) is 3.75. The molecule has 3 heterocycles. The number of amides is 1. The molecule has 0 fully saturated rings. The van der Waals surface area contributed by atoms with Crippen LogP contribution in [-0.2, 0) is 0 Å². The van der Waals surface area contributed by atoms with Crippen LogP contribution in [-0.4, -0.2) is 30.5 Å². The highest BCUT2D eigenvalue weighted by Crippen LogP contribution is 2.11. The summed E-state index contributed by atoms with van der Waals surface area (Å²) in [6.07, 6.45) is 1.60. The maximum absolute atomic E-state index is 12.1. The van der Waals surface area contributed by atoms with Crippen molar-refractivity contribution in [2.75, 3.05) is 5.32 Å². The van der Waals surface area contributed by atoms with Crippen molar-refractivity contribution in [1.82, 2.24) is 24.6 Å². The monoisotopic (exact) mass is 346 g/mol. The first-order chi connectivity index (χ1) is 10.0. The summed E-state index contributed by atoms with van der Waals surface area (Å²) in [5.41, 5.74) is 1.69. The highest BCUT2D eigenvalue weighted by atomic mass is 79.9. The van der Waals surface area contributed by atoms with Gasteiger partial charge in [0.05, 0.1) is 0 Å². The lowest BCUT2D eigenvalue weighted by atomic mass is 10.4. The van der Waals surface area contributed by atoms with Gasteiger partial charge in [0.1, 0.15) is 5.82 Å². The van der Waals surface area contributed by atoms with Gasteiger partial charge in [0, 0.05) is 22.1 Å². The molecule has 0 aliphatic rings. The number of halogens is 1. The number of aromatic nitrogens is 5. The average Bonchev–Trinajstić information content (AvgIpc) is 2.85. The number of aryl methyl sites for hydroxylation is 2. The second-order valence-electron chi connectivity index (χ2n) is 4.50. The Morgan fingerprint density at radius 2 is 2.10 bits per heavy atom. The fourth-order valence-electron chi connectivity index (χ4n) is 1.88. The van der Waals surface area contributed by atoms with Crippen LogP contribution in [0.1, 0.15) is 22.0 Å². The highest BCUT2D eigenvalue weighted by molar-refractivity contribution is 9.10. The first-order valence-electron chi connectivity index (χ1n) is 6.17. The van der Waals surface area contributed by atoms with Crippen molar-refractivity contribution in [1.29, 1.82) is 0 Å². The molecule has 0 aliphatic heterocycles. The Labute approximate surface area is 128 Å². The fourth-order valence-corrected chi connectivity index (χ4v) is 2.12. The Bertz CT molecular complexity index is 827. The van der Waals surface area contributed by atoms with E-state index in [1.165, 1.54) is 4.52 Å². The minimum absolute atomic E-state index is 0.0564. The van der Waals surface area contributed by atoms with E-state index < -0.39 is 5.91 Å². The van der Waals surface area contributed by atoms with Crippen molar-refractivity contribution < 1.29 is 4.79 Å². The van der Waals surface area contributed by atoms with Crippen molar-refractivity contribution in [2.24, 2.45) is 0 Å². The standard InChI is InChI=1S/C13H11BrN6O/c1-7-5-8(2)20-13(16-7)18-11(19-20)12(21)17-10-4-3-9(14)6-15-10/h3-6H,1-2H3,(H,15,17,21). The summed E-state index contributed by atoms with van der Waals surface area (Å²) in [5, 5.41) is 6.80. The smallest absolute Gasteiger partial charge is 0.296 e. The van der Waals surface area contributed by atoms with Gasteiger partial charge in [-0.25, -0.2) is 14.5 Å². The van der Waals surface area contributed by atoms with Crippen LogP contribution in [0.15, 0.2) is 28.9 Å². The zero-order chi connectivity index (χ0) is 15.0. The molecule has 106 valence electrons. The van der Waals surface area contributed by atoms with E-state index in [-0.39, 0.29) is 5.82 Å².